The lowest BCUT2D eigenvalue weighted by molar-refractivity contribution is -0.124. The number of para-hydroxylation sites is 2. The van der Waals surface area contributed by atoms with Gasteiger partial charge in [0, 0.05) is 12.0 Å². The van der Waals surface area contributed by atoms with E-state index in [1.807, 2.05) is 48.5 Å². The summed E-state index contributed by atoms with van der Waals surface area (Å²) >= 11 is 0. The van der Waals surface area contributed by atoms with E-state index in [4.69, 9.17) is 5.21 Å². The van der Waals surface area contributed by atoms with Crippen LogP contribution in [0.3, 0.4) is 0 Å². The third kappa shape index (κ3) is 3.30. The SMILES string of the molecule is C[C@H](c1ccc(C=CC(=O)NO)cc1)c1nc2ccccc2[nH]1. The van der Waals surface area contributed by atoms with Crippen molar-refractivity contribution >= 4 is 23.0 Å². The van der Waals surface area contributed by atoms with Gasteiger partial charge in [0.15, 0.2) is 0 Å². The summed E-state index contributed by atoms with van der Waals surface area (Å²) in [5.41, 5.74) is 5.57. The van der Waals surface area contributed by atoms with Crippen LogP contribution >= 0.6 is 0 Å². The second-order valence-corrected chi connectivity index (χ2v) is 5.34. The summed E-state index contributed by atoms with van der Waals surface area (Å²) in [5, 5.41) is 8.45. The number of hydrogen-bond donors (Lipinski definition) is 3. The number of H-pyrrole nitrogens is 1. The van der Waals surface area contributed by atoms with E-state index in [1.54, 1.807) is 11.6 Å². The predicted octanol–water partition coefficient (Wildman–Crippen LogP) is 3.23. The molecule has 2 aromatic carbocycles. The Morgan fingerprint density at radius 1 is 1.22 bits per heavy atom. The van der Waals surface area contributed by atoms with Gasteiger partial charge in [-0.3, -0.25) is 10.0 Å². The highest BCUT2D eigenvalue weighted by atomic mass is 16.5. The molecule has 0 unspecified atom stereocenters. The lowest BCUT2D eigenvalue weighted by Crippen LogP contribution is -2.14. The number of imidazole rings is 1. The van der Waals surface area contributed by atoms with Crippen LogP contribution in [0, 0.1) is 0 Å². The molecule has 0 spiro atoms. The molecule has 0 saturated carbocycles. The highest BCUT2D eigenvalue weighted by Gasteiger charge is 2.12. The Labute approximate surface area is 133 Å². The van der Waals surface area contributed by atoms with Crippen molar-refractivity contribution < 1.29 is 10.0 Å². The molecule has 3 rings (SSSR count). The number of hydroxylamine groups is 1. The number of carbonyl (C=O) groups excluding carboxylic acids is 1. The minimum atomic E-state index is -0.551. The van der Waals surface area contributed by atoms with Crippen molar-refractivity contribution in [2.45, 2.75) is 12.8 Å². The number of rotatable bonds is 4. The van der Waals surface area contributed by atoms with Gasteiger partial charge in [0.1, 0.15) is 5.82 Å². The minimum Gasteiger partial charge on any atom is -0.341 e. The Bertz CT molecular complexity index is 817. The van der Waals surface area contributed by atoms with Gasteiger partial charge in [-0.25, -0.2) is 10.5 Å². The molecular formula is C18H17N3O2. The molecule has 1 amide bonds. The van der Waals surface area contributed by atoms with Crippen LogP contribution in [0.5, 0.6) is 0 Å². The summed E-state index contributed by atoms with van der Waals surface area (Å²) in [6, 6.07) is 15.8. The third-order valence-electron chi connectivity index (χ3n) is 3.79. The lowest BCUT2D eigenvalue weighted by Gasteiger charge is -2.09. The van der Waals surface area contributed by atoms with E-state index in [0.29, 0.717) is 0 Å². The lowest BCUT2D eigenvalue weighted by atomic mass is 9.99. The van der Waals surface area contributed by atoms with Crippen LogP contribution in [-0.4, -0.2) is 21.1 Å². The van der Waals surface area contributed by atoms with Gasteiger partial charge in [0.2, 0.25) is 0 Å². The fourth-order valence-corrected chi connectivity index (χ4v) is 2.44. The summed E-state index contributed by atoms with van der Waals surface area (Å²) in [6.45, 7) is 2.10. The summed E-state index contributed by atoms with van der Waals surface area (Å²) in [7, 11) is 0. The maximum Gasteiger partial charge on any atom is 0.267 e. The molecule has 0 fully saturated rings. The largest absolute Gasteiger partial charge is 0.341 e. The van der Waals surface area contributed by atoms with Crippen molar-refractivity contribution in [2.24, 2.45) is 0 Å². The number of nitrogens with zero attached hydrogens (tertiary/aromatic N) is 1. The topological polar surface area (TPSA) is 78.0 Å². The molecule has 3 aromatic rings. The van der Waals surface area contributed by atoms with Crippen LogP contribution in [0.15, 0.2) is 54.6 Å². The molecule has 5 heteroatoms. The standard InChI is InChI=1S/C18H17N3O2/c1-12(18-19-15-4-2-3-5-16(15)20-18)14-9-6-13(7-10-14)8-11-17(22)21-23/h2-12,23H,1H3,(H,19,20)(H,21,22)/t12-/m1/s1. The van der Waals surface area contributed by atoms with E-state index < -0.39 is 5.91 Å². The predicted molar refractivity (Wildman–Crippen MR) is 89.0 cm³/mol. The van der Waals surface area contributed by atoms with E-state index in [0.717, 1.165) is 28.0 Å². The zero-order valence-corrected chi connectivity index (χ0v) is 12.7. The van der Waals surface area contributed by atoms with Crippen molar-refractivity contribution in [3.8, 4) is 0 Å². The molecule has 1 aromatic heterocycles. The smallest absolute Gasteiger partial charge is 0.267 e. The summed E-state index contributed by atoms with van der Waals surface area (Å²) in [4.78, 5) is 19.0. The first kappa shape index (κ1) is 15.0. The summed E-state index contributed by atoms with van der Waals surface area (Å²) in [6.07, 6.45) is 2.92. The van der Waals surface area contributed by atoms with Crippen molar-refractivity contribution in [3.05, 3.63) is 71.6 Å². The van der Waals surface area contributed by atoms with Crippen molar-refractivity contribution in [1.29, 1.82) is 0 Å². The number of aromatic nitrogens is 2. The monoisotopic (exact) mass is 307 g/mol. The zero-order valence-electron chi connectivity index (χ0n) is 12.7. The average Bonchev–Trinajstić information content (AvgIpc) is 3.03. The van der Waals surface area contributed by atoms with Crippen LogP contribution in [0.25, 0.3) is 17.1 Å². The number of hydrogen-bond acceptors (Lipinski definition) is 3. The minimum absolute atomic E-state index is 0.140. The van der Waals surface area contributed by atoms with Crippen molar-refractivity contribution in [2.75, 3.05) is 0 Å². The second-order valence-electron chi connectivity index (χ2n) is 5.34. The van der Waals surface area contributed by atoms with E-state index in [9.17, 15) is 4.79 Å². The fraction of sp³-hybridized carbons (Fsp3) is 0.111. The molecule has 0 saturated heterocycles. The first-order chi connectivity index (χ1) is 11.2. The summed E-state index contributed by atoms with van der Waals surface area (Å²) < 4.78 is 0. The Morgan fingerprint density at radius 3 is 2.65 bits per heavy atom. The van der Waals surface area contributed by atoms with Gasteiger partial charge in [-0.1, -0.05) is 43.3 Å². The van der Waals surface area contributed by atoms with Gasteiger partial charge in [-0.15, -0.1) is 0 Å². The van der Waals surface area contributed by atoms with Crippen LogP contribution in [0.1, 0.15) is 29.8 Å². The second kappa shape index (κ2) is 6.46. The average molecular weight is 307 g/mol. The number of aromatic amines is 1. The summed E-state index contributed by atoms with van der Waals surface area (Å²) in [5.74, 6) is 0.514. The first-order valence-corrected chi connectivity index (χ1v) is 7.34. The van der Waals surface area contributed by atoms with Crippen LogP contribution in [0.4, 0.5) is 0 Å². The number of amides is 1. The first-order valence-electron chi connectivity index (χ1n) is 7.34. The molecule has 23 heavy (non-hydrogen) atoms. The van der Waals surface area contributed by atoms with Crippen molar-refractivity contribution in [1.82, 2.24) is 15.4 Å². The Morgan fingerprint density at radius 2 is 1.96 bits per heavy atom. The normalized spacial score (nSPS) is 12.6. The molecular weight excluding hydrogens is 290 g/mol. The molecule has 5 nitrogen and oxygen atoms in total. The maximum atomic E-state index is 11.0. The van der Waals surface area contributed by atoms with Gasteiger partial charge < -0.3 is 4.98 Å². The number of nitrogens with one attached hydrogen (secondary N) is 2. The molecule has 0 aliphatic carbocycles. The highest BCUT2D eigenvalue weighted by molar-refractivity contribution is 5.90. The maximum absolute atomic E-state index is 11.0. The Hall–Kier alpha value is -2.92. The molecule has 0 aliphatic rings. The molecule has 0 radical (unpaired) electrons. The molecule has 1 heterocycles. The number of carbonyl (C=O) groups is 1. The zero-order chi connectivity index (χ0) is 16.2. The fourth-order valence-electron chi connectivity index (χ4n) is 2.44. The number of benzene rings is 2. The Kier molecular flexibility index (Phi) is 4.21. The molecule has 3 N–H and O–H groups in total. The van der Waals surface area contributed by atoms with Crippen molar-refractivity contribution in [3.63, 3.8) is 0 Å². The Balaban J connectivity index is 1.80. The molecule has 1 atom stereocenters. The van der Waals surface area contributed by atoms with Crippen LogP contribution in [0.2, 0.25) is 0 Å². The number of fused-ring (bicyclic) bond motifs is 1. The molecule has 0 bridgehead atoms. The van der Waals surface area contributed by atoms with Gasteiger partial charge >= 0.3 is 0 Å². The third-order valence-corrected chi connectivity index (χ3v) is 3.79. The van der Waals surface area contributed by atoms with E-state index in [2.05, 4.69) is 16.9 Å². The van der Waals surface area contributed by atoms with Gasteiger partial charge in [-0.05, 0) is 29.3 Å². The van der Waals surface area contributed by atoms with Gasteiger partial charge in [0.05, 0.1) is 11.0 Å². The highest BCUT2D eigenvalue weighted by Crippen LogP contribution is 2.24. The van der Waals surface area contributed by atoms with Gasteiger partial charge in [0.25, 0.3) is 5.91 Å². The van der Waals surface area contributed by atoms with E-state index in [-0.39, 0.29) is 5.92 Å². The van der Waals surface area contributed by atoms with Crippen LogP contribution < -0.4 is 5.48 Å². The van der Waals surface area contributed by atoms with Gasteiger partial charge in [-0.2, -0.15) is 0 Å². The van der Waals surface area contributed by atoms with E-state index in [1.165, 1.54) is 6.08 Å². The molecule has 0 aliphatic heterocycles. The van der Waals surface area contributed by atoms with E-state index >= 15 is 0 Å². The molecule has 116 valence electrons. The quantitative estimate of drug-likeness (QED) is 0.393. The van der Waals surface area contributed by atoms with Crippen LogP contribution in [-0.2, 0) is 4.79 Å².